The molecule has 1 saturated heterocycles. The number of fused-ring (bicyclic) bond motifs is 1. The van der Waals surface area contributed by atoms with Crippen LogP contribution in [-0.4, -0.2) is 31.0 Å². The Labute approximate surface area is 175 Å². The van der Waals surface area contributed by atoms with Crippen LogP contribution in [0.15, 0.2) is 36.4 Å². The molecule has 2 aromatic carbocycles. The lowest BCUT2D eigenvalue weighted by molar-refractivity contribution is -0.193. The van der Waals surface area contributed by atoms with Gasteiger partial charge in [0.1, 0.15) is 0 Å². The molecule has 2 aliphatic heterocycles. The van der Waals surface area contributed by atoms with Crippen molar-refractivity contribution in [2.75, 3.05) is 24.8 Å². The van der Waals surface area contributed by atoms with E-state index in [1.807, 2.05) is 0 Å². The SMILES string of the molecule is COc1ccc(C(C2(C)C=Cc3c(N)cccc3N2)C2(C(F)(F)F)CO2)c(Cl)c1F. The van der Waals surface area contributed by atoms with E-state index in [1.165, 1.54) is 19.2 Å². The quantitative estimate of drug-likeness (QED) is 0.379. The highest BCUT2D eigenvalue weighted by Gasteiger charge is 2.73. The molecule has 1 fully saturated rings. The van der Waals surface area contributed by atoms with Gasteiger partial charge in [-0.05, 0) is 30.7 Å². The second-order valence-corrected chi connectivity index (χ2v) is 8.02. The van der Waals surface area contributed by atoms with Crippen LogP contribution in [-0.2, 0) is 4.74 Å². The van der Waals surface area contributed by atoms with Gasteiger partial charge in [0.05, 0.1) is 30.2 Å². The Kier molecular flexibility index (Phi) is 4.70. The number of epoxide rings is 1. The normalized spacial score (nSPS) is 26.0. The molecule has 30 heavy (non-hydrogen) atoms. The zero-order valence-corrected chi connectivity index (χ0v) is 16.9. The molecule has 2 aromatic rings. The highest BCUT2D eigenvalue weighted by molar-refractivity contribution is 6.31. The Hall–Kier alpha value is -2.45. The number of hydrogen-bond acceptors (Lipinski definition) is 4. The van der Waals surface area contributed by atoms with Crippen LogP contribution in [0.25, 0.3) is 6.08 Å². The molecule has 0 radical (unpaired) electrons. The number of nitrogens with two attached hydrogens (primary N) is 1. The molecule has 2 heterocycles. The molecular formula is C21H19ClF4N2O2. The predicted octanol–water partition coefficient (Wildman–Crippen LogP) is 5.38. The molecule has 4 rings (SSSR count). The molecule has 9 heteroatoms. The van der Waals surface area contributed by atoms with Gasteiger partial charge >= 0.3 is 6.18 Å². The van der Waals surface area contributed by atoms with E-state index < -0.39 is 40.7 Å². The summed E-state index contributed by atoms with van der Waals surface area (Å²) in [7, 11) is 1.25. The maximum Gasteiger partial charge on any atom is 0.420 e. The molecule has 3 N–H and O–H groups in total. The van der Waals surface area contributed by atoms with Crippen LogP contribution < -0.4 is 15.8 Å². The Balaban J connectivity index is 1.90. The molecule has 160 valence electrons. The molecule has 3 atom stereocenters. The third-order valence-corrected chi connectivity index (χ3v) is 6.13. The summed E-state index contributed by atoms with van der Waals surface area (Å²) in [5.41, 5.74) is 3.84. The van der Waals surface area contributed by atoms with E-state index in [9.17, 15) is 17.6 Å². The minimum absolute atomic E-state index is 0.0307. The van der Waals surface area contributed by atoms with E-state index in [4.69, 9.17) is 26.8 Å². The maximum atomic E-state index is 14.7. The van der Waals surface area contributed by atoms with Gasteiger partial charge in [-0.25, -0.2) is 4.39 Å². The zero-order chi connectivity index (χ0) is 21.9. The summed E-state index contributed by atoms with van der Waals surface area (Å²) in [4.78, 5) is 0. The van der Waals surface area contributed by atoms with Gasteiger partial charge in [0.25, 0.3) is 0 Å². The van der Waals surface area contributed by atoms with Gasteiger partial charge in [0.2, 0.25) is 0 Å². The Morgan fingerprint density at radius 3 is 2.57 bits per heavy atom. The van der Waals surface area contributed by atoms with Crippen molar-refractivity contribution < 1.29 is 27.0 Å². The first kappa shape index (κ1) is 20.8. The van der Waals surface area contributed by atoms with E-state index in [1.54, 1.807) is 37.3 Å². The molecule has 0 amide bonds. The number of anilines is 2. The van der Waals surface area contributed by atoms with Crippen molar-refractivity contribution in [3.8, 4) is 5.75 Å². The maximum absolute atomic E-state index is 14.7. The highest BCUT2D eigenvalue weighted by Crippen LogP contribution is 2.59. The van der Waals surface area contributed by atoms with Crippen LogP contribution in [0.5, 0.6) is 5.75 Å². The number of benzene rings is 2. The number of hydrogen-bond donors (Lipinski definition) is 2. The summed E-state index contributed by atoms with van der Waals surface area (Å²) in [5, 5.41) is 2.71. The van der Waals surface area contributed by atoms with Crippen molar-refractivity contribution in [2.24, 2.45) is 0 Å². The van der Waals surface area contributed by atoms with E-state index >= 15 is 0 Å². The second-order valence-electron chi connectivity index (χ2n) is 7.64. The van der Waals surface area contributed by atoms with E-state index in [0.29, 0.717) is 16.9 Å². The summed E-state index contributed by atoms with van der Waals surface area (Å²) in [6, 6.07) is 7.72. The molecule has 4 nitrogen and oxygen atoms in total. The van der Waals surface area contributed by atoms with E-state index in [2.05, 4.69) is 5.32 Å². The molecule has 3 unspecified atom stereocenters. The molecule has 0 aliphatic carbocycles. The van der Waals surface area contributed by atoms with Gasteiger partial charge in [0, 0.05) is 16.9 Å². The molecular weight excluding hydrogens is 424 g/mol. The summed E-state index contributed by atoms with van der Waals surface area (Å²) in [6.07, 6.45) is -1.45. The third kappa shape index (κ3) is 3.01. The zero-order valence-electron chi connectivity index (χ0n) is 16.1. The van der Waals surface area contributed by atoms with Gasteiger partial charge in [-0.15, -0.1) is 0 Å². The molecule has 2 aliphatic rings. The molecule has 0 aromatic heterocycles. The number of ether oxygens (including phenoxy) is 2. The molecule has 0 bridgehead atoms. The second kappa shape index (κ2) is 6.78. The van der Waals surface area contributed by atoms with Crippen LogP contribution in [0.2, 0.25) is 5.02 Å². The van der Waals surface area contributed by atoms with Crippen molar-refractivity contribution in [1.82, 2.24) is 0 Å². The van der Waals surface area contributed by atoms with Crippen LogP contribution in [0.1, 0.15) is 24.0 Å². The average Bonchev–Trinajstić information content (AvgIpc) is 3.47. The van der Waals surface area contributed by atoms with Crippen molar-refractivity contribution in [3.63, 3.8) is 0 Å². The number of nitrogens with one attached hydrogen (secondary N) is 1. The van der Waals surface area contributed by atoms with Gasteiger partial charge < -0.3 is 20.5 Å². The number of nitrogen functional groups attached to an aromatic ring is 1. The van der Waals surface area contributed by atoms with Crippen LogP contribution >= 0.6 is 11.6 Å². The first-order valence-electron chi connectivity index (χ1n) is 9.12. The number of alkyl halides is 3. The van der Waals surface area contributed by atoms with Gasteiger partial charge in [0.15, 0.2) is 17.2 Å². The monoisotopic (exact) mass is 442 g/mol. The third-order valence-electron chi connectivity index (χ3n) is 5.75. The van der Waals surface area contributed by atoms with Crippen molar-refractivity contribution >= 4 is 29.1 Å². The van der Waals surface area contributed by atoms with Crippen LogP contribution in [0.4, 0.5) is 28.9 Å². The predicted molar refractivity (Wildman–Crippen MR) is 107 cm³/mol. The fourth-order valence-electron chi connectivity index (χ4n) is 4.19. The molecule has 0 saturated carbocycles. The van der Waals surface area contributed by atoms with Crippen LogP contribution in [0.3, 0.4) is 0 Å². The fraction of sp³-hybridized carbons (Fsp3) is 0.333. The Morgan fingerprint density at radius 2 is 1.97 bits per heavy atom. The van der Waals surface area contributed by atoms with Crippen molar-refractivity contribution in [1.29, 1.82) is 0 Å². The van der Waals surface area contributed by atoms with E-state index in [-0.39, 0.29) is 11.3 Å². The van der Waals surface area contributed by atoms with Gasteiger partial charge in [-0.1, -0.05) is 35.9 Å². The summed E-state index contributed by atoms with van der Waals surface area (Å²) in [6.45, 7) is 1.04. The summed E-state index contributed by atoms with van der Waals surface area (Å²) < 4.78 is 67.0. The van der Waals surface area contributed by atoms with Crippen molar-refractivity contribution in [3.05, 3.63) is 58.4 Å². The number of rotatable bonds is 4. The van der Waals surface area contributed by atoms with Gasteiger partial charge in [-0.3, -0.25) is 0 Å². The minimum Gasteiger partial charge on any atom is -0.494 e. The number of halogens is 5. The largest absolute Gasteiger partial charge is 0.494 e. The van der Waals surface area contributed by atoms with Crippen LogP contribution in [0, 0.1) is 5.82 Å². The lowest BCUT2D eigenvalue weighted by Crippen LogP contribution is -2.53. The smallest absolute Gasteiger partial charge is 0.420 e. The Morgan fingerprint density at radius 1 is 1.27 bits per heavy atom. The van der Waals surface area contributed by atoms with E-state index in [0.717, 1.165) is 0 Å². The Bertz CT molecular complexity index is 1040. The number of methoxy groups -OCH3 is 1. The first-order chi connectivity index (χ1) is 14.0. The van der Waals surface area contributed by atoms with Gasteiger partial charge in [-0.2, -0.15) is 13.2 Å². The topological polar surface area (TPSA) is 59.8 Å². The first-order valence-corrected chi connectivity index (χ1v) is 9.50. The lowest BCUT2D eigenvalue weighted by Gasteiger charge is -2.43. The molecule has 0 spiro atoms. The fourth-order valence-corrected chi connectivity index (χ4v) is 4.46. The standard InChI is InChI=1S/C21H19ClF4N2O2/c1-19(9-8-11-13(27)4-3-5-14(11)28-19)18(20(10-30-20)21(24,25)26)12-6-7-15(29-2)17(23)16(12)22/h3-9,18,28H,10,27H2,1-2H3. The lowest BCUT2D eigenvalue weighted by atomic mass is 9.70. The van der Waals surface area contributed by atoms with Crippen molar-refractivity contribution in [2.45, 2.75) is 30.2 Å². The summed E-state index contributed by atoms with van der Waals surface area (Å²) >= 11 is 6.21. The average molecular weight is 443 g/mol. The highest BCUT2D eigenvalue weighted by atomic mass is 35.5. The summed E-state index contributed by atoms with van der Waals surface area (Å²) in [5.74, 6) is -2.47. The minimum atomic E-state index is -4.70.